The lowest BCUT2D eigenvalue weighted by Crippen LogP contribution is -2.37. The van der Waals surface area contributed by atoms with Gasteiger partial charge in [0.05, 0.1) is 4.90 Å². The van der Waals surface area contributed by atoms with Crippen LogP contribution in [0.15, 0.2) is 52.3 Å². The molecule has 3 N–H and O–H groups in total. The van der Waals surface area contributed by atoms with E-state index in [2.05, 4.69) is 20.5 Å². The molecule has 1 aliphatic heterocycles. The second kappa shape index (κ2) is 10.3. The number of halogens is 3. The molecule has 1 unspecified atom stereocenters. The summed E-state index contributed by atoms with van der Waals surface area (Å²) in [6.07, 6.45) is -3.81. The van der Waals surface area contributed by atoms with Gasteiger partial charge in [-0.05, 0) is 50.3 Å². The van der Waals surface area contributed by atoms with Crippen LogP contribution >= 0.6 is 12.2 Å². The zero-order valence-electron chi connectivity index (χ0n) is 20.1. The number of H-pyrrole nitrogens is 1. The molecule has 1 aromatic carbocycles. The summed E-state index contributed by atoms with van der Waals surface area (Å²) < 4.78 is 66.8. The lowest BCUT2D eigenvalue weighted by molar-refractivity contribution is -0.201. The Morgan fingerprint density at radius 1 is 1.24 bits per heavy atom. The van der Waals surface area contributed by atoms with E-state index in [-0.39, 0.29) is 34.3 Å². The van der Waals surface area contributed by atoms with Crippen molar-refractivity contribution in [1.82, 2.24) is 18.8 Å². The van der Waals surface area contributed by atoms with Crippen LogP contribution in [0.3, 0.4) is 0 Å². The van der Waals surface area contributed by atoms with E-state index in [4.69, 9.17) is 12.2 Å². The van der Waals surface area contributed by atoms with Crippen LogP contribution in [0.2, 0.25) is 0 Å². The second-order valence-corrected chi connectivity index (χ2v) is 10.8. The number of alkyl halides is 3. The molecule has 11 nitrogen and oxygen atoms in total. The molecule has 38 heavy (non-hydrogen) atoms. The Bertz CT molecular complexity index is 1580. The number of anilines is 2. The molecule has 0 saturated heterocycles. The van der Waals surface area contributed by atoms with Gasteiger partial charge >= 0.3 is 12.1 Å². The number of hydroxylamine groups is 1. The van der Waals surface area contributed by atoms with Crippen molar-refractivity contribution in [3.63, 3.8) is 0 Å². The Hall–Kier alpha value is -3.63. The first-order valence-corrected chi connectivity index (χ1v) is 13.0. The highest BCUT2D eigenvalue weighted by molar-refractivity contribution is 7.90. The summed E-state index contributed by atoms with van der Waals surface area (Å²) in [6.45, 7) is 3.33. The van der Waals surface area contributed by atoms with Gasteiger partial charge in [0.15, 0.2) is 10.6 Å². The average Bonchev–Trinajstić information content (AvgIpc) is 3.48. The molecule has 0 bridgehead atoms. The largest absolute Gasteiger partial charge is 0.493 e. The van der Waals surface area contributed by atoms with E-state index in [9.17, 15) is 31.2 Å². The number of aryl methyl sites for hydroxylation is 1. The Balaban J connectivity index is 1.53. The number of hydrogen-bond donors (Lipinski definition) is 3. The van der Waals surface area contributed by atoms with E-state index in [0.29, 0.717) is 10.8 Å². The van der Waals surface area contributed by atoms with Crippen molar-refractivity contribution < 1.29 is 31.2 Å². The van der Waals surface area contributed by atoms with Gasteiger partial charge in [-0.1, -0.05) is 17.7 Å². The highest BCUT2D eigenvalue weighted by Gasteiger charge is 2.44. The van der Waals surface area contributed by atoms with E-state index in [1.54, 1.807) is 31.2 Å². The normalized spacial score (nSPS) is 14.2. The van der Waals surface area contributed by atoms with Crippen LogP contribution in [0.4, 0.5) is 24.7 Å². The van der Waals surface area contributed by atoms with Gasteiger partial charge in [-0.3, -0.25) is 14.3 Å². The number of hydrogen-bond acceptors (Lipinski definition) is 9. The van der Waals surface area contributed by atoms with Crippen LogP contribution in [0.1, 0.15) is 18.2 Å². The number of aromatic amines is 1. The van der Waals surface area contributed by atoms with Gasteiger partial charge in [0, 0.05) is 31.0 Å². The number of aromatic nitrogens is 3. The fourth-order valence-corrected chi connectivity index (χ4v) is 5.44. The van der Waals surface area contributed by atoms with E-state index in [1.165, 1.54) is 22.9 Å². The summed E-state index contributed by atoms with van der Waals surface area (Å²) in [4.78, 5) is 30.7. The maximum atomic E-state index is 13.1. The summed E-state index contributed by atoms with van der Waals surface area (Å²) >= 11 is 5.21. The summed E-state index contributed by atoms with van der Waals surface area (Å²) in [5.41, 5.74) is 0.557. The number of nitrogens with zero attached hydrogens (tertiary/aromatic N) is 3. The van der Waals surface area contributed by atoms with Crippen LogP contribution in [-0.2, 0) is 32.7 Å². The molecule has 0 aliphatic carbocycles. The van der Waals surface area contributed by atoms with Crippen LogP contribution in [0.25, 0.3) is 0 Å². The van der Waals surface area contributed by atoms with E-state index >= 15 is 0 Å². The Morgan fingerprint density at radius 3 is 2.58 bits per heavy atom. The van der Waals surface area contributed by atoms with E-state index in [0.717, 1.165) is 9.54 Å². The molecule has 1 atom stereocenters. The molecular formula is C22H23F3N6O5S2. The second-order valence-electron chi connectivity index (χ2n) is 8.55. The van der Waals surface area contributed by atoms with Crippen molar-refractivity contribution in [2.24, 2.45) is 0 Å². The van der Waals surface area contributed by atoms with Gasteiger partial charge in [-0.2, -0.15) is 18.2 Å². The average molecular weight is 573 g/mol. The maximum absolute atomic E-state index is 13.1. The Labute approximate surface area is 219 Å². The minimum atomic E-state index is -5.24. The molecule has 0 radical (unpaired) electrons. The standard InChI is InChI=1S/C22H23F3N6O5S2/c1-13-5-7-16(8-6-13)38(34,35)31-9-3-4-15(31)10-26-14(2)11-29-19-17(18(32)28-21(29)37)27-12-30(19)36-20(33)22(23,24)25/h3-9,14,26-27H,10-12H2,1-2H3,(H,28,32,37). The monoisotopic (exact) mass is 572 g/mol. The zero-order chi connectivity index (χ0) is 27.8. The molecule has 0 fully saturated rings. The molecule has 204 valence electrons. The topological polar surface area (TPSA) is 130 Å². The molecule has 4 rings (SSSR count). The third-order valence-corrected chi connectivity index (χ3v) is 7.76. The molecule has 3 heterocycles. The van der Waals surface area contributed by atoms with Gasteiger partial charge < -0.3 is 15.5 Å². The first-order chi connectivity index (χ1) is 17.8. The highest BCUT2D eigenvalue weighted by atomic mass is 32.2. The van der Waals surface area contributed by atoms with Crippen molar-refractivity contribution in [3.8, 4) is 0 Å². The smallest absolute Gasteiger partial charge is 0.357 e. The number of carbonyl (C=O) groups is 1. The highest BCUT2D eigenvalue weighted by Crippen LogP contribution is 2.30. The number of rotatable bonds is 8. The fraction of sp³-hybridized carbons (Fsp3) is 0.318. The van der Waals surface area contributed by atoms with Gasteiger partial charge in [0.2, 0.25) is 0 Å². The van der Waals surface area contributed by atoms with Crippen molar-refractivity contribution in [2.75, 3.05) is 17.0 Å². The van der Waals surface area contributed by atoms with Gasteiger partial charge in [-0.15, -0.1) is 0 Å². The van der Waals surface area contributed by atoms with Crippen LogP contribution in [0.5, 0.6) is 0 Å². The fourth-order valence-electron chi connectivity index (χ4n) is 3.81. The number of carbonyl (C=O) groups excluding carboxylic acids is 1. The predicted molar refractivity (Wildman–Crippen MR) is 133 cm³/mol. The summed E-state index contributed by atoms with van der Waals surface area (Å²) in [7, 11) is -3.84. The summed E-state index contributed by atoms with van der Waals surface area (Å²) in [5.74, 6) is -2.60. The molecule has 0 saturated carbocycles. The quantitative estimate of drug-likeness (QED) is 0.349. The molecule has 16 heteroatoms. The van der Waals surface area contributed by atoms with Gasteiger partial charge in [0.25, 0.3) is 15.6 Å². The lowest BCUT2D eigenvalue weighted by Gasteiger charge is -2.23. The van der Waals surface area contributed by atoms with Crippen molar-refractivity contribution in [2.45, 2.75) is 44.1 Å². The third kappa shape index (κ3) is 5.46. The van der Waals surface area contributed by atoms with E-state index < -0.39 is 40.4 Å². The predicted octanol–water partition coefficient (Wildman–Crippen LogP) is 2.64. The molecule has 0 amide bonds. The third-order valence-electron chi connectivity index (χ3n) is 5.69. The van der Waals surface area contributed by atoms with Crippen LogP contribution in [-0.4, -0.2) is 46.8 Å². The molecule has 0 spiro atoms. The van der Waals surface area contributed by atoms with Crippen molar-refractivity contribution >= 4 is 39.7 Å². The van der Waals surface area contributed by atoms with E-state index in [1.807, 2.05) is 6.92 Å². The molecular weight excluding hydrogens is 549 g/mol. The Morgan fingerprint density at radius 2 is 1.92 bits per heavy atom. The molecule has 2 aromatic heterocycles. The number of nitrogens with one attached hydrogen (secondary N) is 3. The first-order valence-electron chi connectivity index (χ1n) is 11.2. The minimum Gasteiger partial charge on any atom is -0.357 e. The molecule has 3 aromatic rings. The summed E-state index contributed by atoms with van der Waals surface area (Å²) in [6, 6.07) is 9.25. The van der Waals surface area contributed by atoms with Gasteiger partial charge in [0.1, 0.15) is 12.4 Å². The summed E-state index contributed by atoms with van der Waals surface area (Å²) in [5, 5.41) is 6.36. The van der Waals surface area contributed by atoms with Crippen LogP contribution in [0, 0.1) is 11.7 Å². The van der Waals surface area contributed by atoms with Crippen molar-refractivity contribution in [1.29, 1.82) is 0 Å². The zero-order valence-corrected chi connectivity index (χ0v) is 21.7. The van der Waals surface area contributed by atoms with Crippen LogP contribution < -0.4 is 21.3 Å². The Kier molecular flexibility index (Phi) is 7.40. The first kappa shape index (κ1) is 27.4. The minimum absolute atomic E-state index is 0.0329. The number of benzene rings is 1. The SMILES string of the molecule is Cc1ccc(S(=O)(=O)n2cccc2CNC(C)Cn2c3c(c(=O)[nH]c2=S)NCN3OC(=O)C(F)(F)F)cc1. The van der Waals surface area contributed by atoms with Gasteiger partial charge in [-0.25, -0.2) is 17.2 Å². The lowest BCUT2D eigenvalue weighted by atomic mass is 10.2. The van der Waals surface area contributed by atoms with Crippen molar-refractivity contribution in [3.05, 3.63) is 69.0 Å². The number of fused-ring (bicyclic) bond motifs is 1. The molecule has 1 aliphatic rings. The maximum Gasteiger partial charge on any atom is 0.493 e.